The van der Waals surface area contributed by atoms with Crippen LogP contribution >= 0.6 is 0 Å². The lowest BCUT2D eigenvalue weighted by molar-refractivity contribution is 0.0729. The highest BCUT2D eigenvalue weighted by Gasteiger charge is 2.11. The lowest BCUT2D eigenvalue weighted by atomic mass is 10.2. The normalized spacial score (nSPS) is 10.0. The van der Waals surface area contributed by atoms with Gasteiger partial charge in [0.05, 0.1) is 17.1 Å². The van der Waals surface area contributed by atoms with Gasteiger partial charge >= 0.3 is 5.97 Å². The Hall–Kier alpha value is -3.19. The molecule has 3 rings (SSSR count). The number of hydrogen-bond acceptors (Lipinski definition) is 4. The number of nitrogens with zero attached hydrogens (tertiary/aromatic N) is 2. The lowest BCUT2D eigenvalue weighted by Crippen LogP contribution is -2.10. The summed E-state index contributed by atoms with van der Waals surface area (Å²) in [7, 11) is 0. The highest BCUT2D eigenvalue weighted by molar-refractivity contribution is 5.92. The van der Waals surface area contributed by atoms with Crippen molar-refractivity contribution in [2.45, 2.75) is 0 Å². The van der Waals surface area contributed by atoms with Crippen LogP contribution in [0.3, 0.4) is 0 Å². The number of aromatic nitrogens is 1. The third kappa shape index (κ3) is 2.72. The first-order valence-electron chi connectivity index (χ1n) is 6.34. The van der Waals surface area contributed by atoms with E-state index in [1.54, 1.807) is 24.3 Å². The van der Waals surface area contributed by atoms with Crippen LogP contribution in [0.1, 0.15) is 16.1 Å². The zero-order valence-electron chi connectivity index (χ0n) is 11.0. The van der Waals surface area contributed by atoms with E-state index in [4.69, 9.17) is 10.00 Å². The number of rotatable bonds is 2. The van der Waals surface area contributed by atoms with Crippen LogP contribution in [0.25, 0.3) is 10.9 Å². The summed E-state index contributed by atoms with van der Waals surface area (Å²) in [5.41, 5.74) is 1.40. The molecule has 100 valence electrons. The fraction of sp³-hybridized carbons (Fsp3) is 0. The van der Waals surface area contributed by atoms with E-state index in [0.29, 0.717) is 11.3 Å². The van der Waals surface area contributed by atoms with Crippen molar-refractivity contribution in [1.82, 2.24) is 4.98 Å². The van der Waals surface area contributed by atoms with E-state index in [2.05, 4.69) is 4.98 Å². The van der Waals surface area contributed by atoms with Gasteiger partial charge in [-0.3, -0.25) is 0 Å². The zero-order valence-corrected chi connectivity index (χ0v) is 11.0. The topological polar surface area (TPSA) is 63.0 Å². The van der Waals surface area contributed by atoms with Crippen molar-refractivity contribution in [1.29, 1.82) is 5.26 Å². The van der Waals surface area contributed by atoms with Gasteiger partial charge in [0.15, 0.2) is 0 Å². The molecule has 0 amide bonds. The first-order valence-corrected chi connectivity index (χ1v) is 6.34. The van der Waals surface area contributed by atoms with E-state index in [-0.39, 0.29) is 5.69 Å². The Labute approximate surface area is 121 Å². The quantitative estimate of drug-likeness (QED) is 0.531. The molecule has 0 bridgehead atoms. The van der Waals surface area contributed by atoms with Gasteiger partial charge in [-0.25, -0.2) is 9.78 Å². The van der Waals surface area contributed by atoms with Gasteiger partial charge < -0.3 is 4.74 Å². The number of hydrogen-bond donors (Lipinski definition) is 0. The predicted octanol–water partition coefficient (Wildman–Crippen LogP) is 3.33. The van der Waals surface area contributed by atoms with Crippen molar-refractivity contribution >= 4 is 16.9 Å². The molecule has 0 fully saturated rings. The maximum atomic E-state index is 12.1. The Balaban J connectivity index is 1.88. The Morgan fingerprint density at radius 2 is 1.90 bits per heavy atom. The van der Waals surface area contributed by atoms with E-state index in [1.807, 2.05) is 36.4 Å². The zero-order chi connectivity index (χ0) is 14.7. The van der Waals surface area contributed by atoms with Gasteiger partial charge in [0, 0.05) is 5.39 Å². The average molecular weight is 274 g/mol. The van der Waals surface area contributed by atoms with Crippen molar-refractivity contribution in [2.75, 3.05) is 0 Å². The van der Waals surface area contributed by atoms with Gasteiger partial charge in [-0.05, 0) is 30.3 Å². The summed E-state index contributed by atoms with van der Waals surface area (Å²) < 4.78 is 5.24. The maximum Gasteiger partial charge on any atom is 0.362 e. The standard InChI is InChI=1S/C17H10N2O2/c18-11-12-4-3-6-14(10-12)21-17(20)16-9-8-13-5-1-2-7-15(13)19-16/h1-10H. The Morgan fingerprint density at radius 3 is 2.76 bits per heavy atom. The molecule has 0 aliphatic carbocycles. The molecule has 3 aromatic rings. The summed E-state index contributed by atoms with van der Waals surface area (Å²) in [6.45, 7) is 0. The van der Waals surface area contributed by atoms with Gasteiger partial charge in [-0.2, -0.15) is 5.26 Å². The number of carbonyl (C=O) groups is 1. The maximum absolute atomic E-state index is 12.1. The highest BCUT2D eigenvalue weighted by atomic mass is 16.5. The molecule has 4 heteroatoms. The minimum absolute atomic E-state index is 0.232. The van der Waals surface area contributed by atoms with Crippen molar-refractivity contribution in [2.24, 2.45) is 0 Å². The number of carbonyl (C=O) groups excluding carboxylic acids is 1. The molecule has 0 saturated heterocycles. The fourth-order valence-corrected chi connectivity index (χ4v) is 1.97. The van der Waals surface area contributed by atoms with E-state index < -0.39 is 5.97 Å². The monoisotopic (exact) mass is 274 g/mol. The highest BCUT2D eigenvalue weighted by Crippen LogP contribution is 2.16. The first-order chi connectivity index (χ1) is 10.3. The van der Waals surface area contributed by atoms with Crippen LogP contribution in [-0.4, -0.2) is 11.0 Å². The van der Waals surface area contributed by atoms with Gasteiger partial charge in [-0.15, -0.1) is 0 Å². The second-order valence-corrected chi connectivity index (χ2v) is 4.42. The van der Waals surface area contributed by atoms with Crippen LogP contribution in [0.4, 0.5) is 0 Å². The van der Waals surface area contributed by atoms with Gasteiger partial charge in [-0.1, -0.05) is 30.3 Å². The smallest absolute Gasteiger partial charge is 0.362 e. The number of fused-ring (bicyclic) bond motifs is 1. The van der Waals surface area contributed by atoms with E-state index >= 15 is 0 Å². The van der Waals surface area contributed by atoms with E-state index in [9.17, 15) is 4.79 Å². The van der Waals surface area contributed by atoms with Crippen LogP contribution in [0.2, 0.25) is 0 Å². The molecule has 0 spiro atoms. The lowest BCUT2D eigenvalue weighted by Gasteiger charge is -2.05. The largest absolute Gasteiger partial charge is 0.422 e. The molecule has 21 heavy (non-hydrogen) atoms. The minimum Gasteiger partial charge on any atom is -0.422 e. The minimum atomic E-state index is -0.546. The first kappa shape index (κ1) is 12.8. The summed E-state index contributed by atoms with van der Waals surface area (Å²) in [5.74, 6) is -0.218. The van der Waals surface area contributed by atoms with Crippen molar-refractivity contribution in [3.05, 3.63) is 71.9 Å². The van der Waals surface area contributed by atoms with Gasteiger partial charge in [0.1, 0.15) is 11.4 Å². The molecular weight excluding hydrogens is 264 g/mol. The molecule has 4 nitrogen and oxygen atoms in total. The molecule has 0 aliphatic heterocycles. The molecule has 0 unspecified atom stereocenters. The molecule has 0 atom stereocenters. The Kier molecular flexibility index (Phi) is 3.32. The van der Waals surface area contributed by atoms with E-state index in [1.165, 1.54) is 6.07 Å². The van der Waals surface area contributed by atoms with Crippen molar-refractivity contribution < 1.29 is 9.53 Å². The molecule has 1 heterocycles. The fourth-order valence-electron chi connectivity index (χ4n) is 1.97. The van der Waals surface area contributed by atoms with E-state index in [0.717, 1.165) is 10.9 Å². The second kappa shape index (κ2) is 5.43. The van der Waals surface area contributed by atoms with Crippen LogP contribution in [0, 0.1) is 11.3 Å². The Morgan fingerprint density at radius 1 is 1.05 bits per heavy atom. The predicted molar refractivity (Wildman–Crippen MR) is 77.9 cm³/mol. The summed E-state index contributed by atoms with van der Waals surface area (Å²) in [6.07, 6.45) is 0. The summed E-state index contributed by atoms with van der Waals surface area (Å²) >= 11 is 0. The van der Waals surface area contributed by atoms with Crippen LogP contribution in [-0.2, 0) is 0 Å². The molecule has 0 saturated carbocycles. The number of para-hydroxylation sites is 1. The number of esters is 1. The third-order valence-electron chi connectivity index (χ3n) is 2.98. The van der Waals surface area contributed by atoms with Gasteiger partial charge in [0.25, 0.3) is 0 Å². The number of pyridine rings is 1. The van der Waals surface area contributed by atoms with Crippen LogP contribution in [0.15, 0.2) is 60.7 Å². The molecule has 0 radical (unpaired) electrons. The van der Waals surface area contributed by atoms with Crippen LogP contribution < -0.4 is 4.74 Å². The average Bonchev–Trinajstić information content (AvgIpc) is 2.54. The molecular formula is C17H10N2O2. The third-order valence-corrected chi connectivity index (χ3v) is 2.98. The summed E-state index contributed by atoms with van der Waals surface area (Å²) in [5, 5.41) is 9.79. The second-order valence-electron chi connectivity index (χ2n) is 4.42. The Bertz CT molecular complexity index is 866. The summed E-state index contributed by atoms with van der Waals surface area (Å²) in [6, 6.07) is 19.4. The molecule has 0 aliphatic rings. The summed E-state index contributed by atoms with van der Waals surface area (Å²) in [4.78, 5) is 16.4. The number of ether oxygens (including phenoxy) is 1. The van der Waals surface area contributed by atoms with Crippen molar-refractivity contribution in [3.8, 4) is 11.8 Å². The SMILES string of the molecule is N#Cc1cccc(OC(=O)c2ccc3ccccc3n2)c1. The molecule has 1 aromatic heterocycles. The van der Waals surface area contributed by atoms with Crippen LogP contribution in [0.5, 0.6) is 5.75 Å². The number of benzene rings is 2. The number of nitriles is 1. The van der Waals surface area contributed by atoms with Gasteiger partial charge in [0.2, 0.25) is 0 Å². The van der Waals surface area contributed by atoms with Crippen molar-refractivity contribution in [3.63, 3.8) is 0 Å². The molecule has 2 aromatic carbocycles. The molecule has 0 N–H and O–H groups in total.